The molecule has 8 heteroatoms. The van der Waals surface area contributed by atoms with E-state index in [0.29, 0.717) is 17.1 Å². The standard InChI is InChI=1S/C18H14ClFN2O4/c1-24-12-5-2-4-11(8-12)18-21-16(26-22-18)10-25-17(23)9-13-14(19)6-3-7-15(13)20/h2-8H,9-10H2,1H3. The lowest BCUT2D eigenvalue weighted by Gasteiger charge is -2.05. The molecule has 2 aromatic carbocycles. The number of halogens is 2. The number of rotatable bonds is 6. The maximum absolute atomic E-state index is 13.7. The van der Waals surface area contributed by atoms with E-state index in [1.54, 1.807) is 31.4 Å². The molecule has 3 rings (SSSR count). The molecule has 0 unspecified atom stereocenters. The van der Waals surface area contributed by atoms with E-state index in [2.05, 4.69) is 10.1 Å². The molecule has 0 aliphatic rings. The zero-order valence-corrected chi connectivity index (χ0v) is 14.5. The van der Waals surface area contributed by atoms with E-state index in [0.717, 1.165) is 0 Å². The normalized spacial score (nSPS) is 10.6. The molecule has 0 N–H and O–H groups in total. The second-order valence-corrected chi connectivity index (χ2v) is 5.69. The molecule has 1 heterocycles. The summed E-state index contributed by atoms with van der Waals surface area (Å²) >= 11 is 5.89. The number of carbonyl (C=O) groups excluding carboxylic acids is 1. The predicted octanol–water partition coefficient (Wildman–Crippen LogP) is 3.82. The van der Waals surface area contributed by atoms with Crippen LogP contribution in [0.15, 0.2) is 47.0 Å². The summed E-state index contributed by atoms with van der Waals surface area (Å²) in [6.07, 6.45) is -0.289. The van der Waals surface area contributed by atoms with Gasteiger partial charge >= 0.3 is 5.97 Å². The topological polar surface area (TPSA) is 74.5 Å². The lowest BCUT2D eigenvalue weighted by Crippen LogP contribution is -2.09. The van der Waals surface area contributed by atoms with Crippen molar-refractivity contribution >= 4 is 17.6 Å². The van der Waals surface area contributed by atoms with E-state index in [-0.39, 0.29) is 29.5 Å². The van der Waals surface area contributed by atoms with Crippen molar-refractivity contribution < 1.29 is 23.2 Å². The van der Waals surface area contributed by atoms with Crippen LogP contribution in [0.2, 0.25) is 5.02 Å². The van der Waals surface area contributed by atoms with Gasteiger partial charge in [-0.15, -0.1) is 0 Å². The first kappa shape index (κ1) is 17.9. The van der Waals surface area contributed by atoms with Gasteiger partial charge in [-0.2, -0.15) is 4.98 Å². The molecule has 0 fully saturated rings. The molecule has 0 spiro atoms. The van der Waals surface area contributed by atoms with Gasteiger partial charge < -0.3 is 14.0 Å². The second-order valence-electron chi connectivity index (χ2n) is 5.28. The van der Waals surface area contributed by atoms with Gasteiger partial charge in [-0.3, -0.25) is 4.79 Å². The van der Waals surface area contributed by atoms with Crippen LogP contribution in [0.1, 0.15) is 11.5 Å². The van der Waals surface area contributed by atoms with Crippen molar-refractivity contribution in [3.05, 3.63) is 64.8 Å². The van der Waals surface area contributed by atoms with Crippen LogP contribution in [0.4, 0.5) is 4.39 Å². The molecular weight excluding hydrogens is 363 g/mol. The van der Waals surface area contributed by atoms with Crippen LogP contribution in [-0.4, -0.2) is 23.2 Å². The van der Waals surface area contributed by atoms with Gasteiger partial charge in [-0.05, 0) is 24.3 Å². The van der Waals surface area contributed by atoms with E-state index in [1.807, 2.05) is 0 Å². The Morgan fingerprint density at radius 3 is 2.85 bits per heavy atom. The lowest BCUT2D eigenvalue weighted by atomic mass is 10.1. The third-order valence-electron chi connectivity index (χ3n) is 3.54. The smallest absolute Gasteiger partial charge is 0.310 e. The summed E-state index contributed by atoms with van der Waals surface area (Å²) in [4.78, 5) is 16.1. The Balaban J connectivity index is 1.62. The number of hydrogen-bond acceptors (Lipinski definition) is 6. The number of hydrogen-bond donors (Lipinski definition) is 0. The average molecular weight is 377 g/mol. The third kappa shape index (κ3) is 4.18. The highest BCUT2D eigenvalue weighted by Gasteiger charge is 2.15. The number of esters is 1. The van der Waals surface area contributed by atoms with Gasteiger partial charge in [0.05, 0.1) is 13.5 Å². The minimum atomic E-state index is -0.655. The number of ether oxygens (including phenoxy) is 2. The summed E-state index contributed by atoms with van der Waals surface area (Å²) in [5.74, 6) is -0.101. The van der Waals surface area contributed by atoms with E-state index in [1.165, 1.54) is 18.2 Å². The van der Waals surface area contributed by atoms with Crippen LogP contribution in [-0.2, 0) is 22.6 Å². The fourth-order valence-corrected chi connectivity index (χ4v) is 2.46. The summed E-state index contributed by atoms with van der Waals surface area (Å²) < 4.78 is 28.9. The molecule has 134 valence electrons. The highest BCUT2D eigenvalue weighted by molar-refractivity contribution is 6.31. The highest BCUT2D eigenvalue weighted by Crippen LogP contribution is 2.22. The van der Waals surface area contributed by atoms with E-state index >= 15 is 0 Å². The first-order valence-corrected chi connectivity index (χ1v) is 8.00. The molecule has 26 heavy (non-hydrogen) atoms. The Bertz CT molecular complexity index is 909. The van der Waals surface area contributed by atoms with Gasteiger partial charge in [0.2, 0.25) is 5.82 Å². The van der Waals surface area contributed by atoms with Crippen molar-refractivity contribution in [2.24, 2.45) is 0 Å². The van der Waals surface area contributed by atoms with Gasteiger partial charge in [0.1, 0.15) is 11.6 Å². The number of carbonyl (C=O) groups is 1. The molecule has 0 amide bonds. The summed E-state index contributed by atoms with van der Waals surface area (Å²) in [5.41, 5.74) is 0.783. The van der Waals surface area contributed by atoms with Crippen molar-refractivity contribution in [2.45, 2.75) is 13.0 Å². The number of aromatic nitrogens is 2. The van der Waals surface area contributed by atoms with Crippen molar-refractivity contribution in [2.75, 3.05) is 7.11 Å². The molecule has 0 aliphatic heterocycles. The Hall–Kier alpha value is -2.93. The van der Waals surface area contributed by atoms with Crippen LogP contribution in [0.25, 0.3) is 11.4 Å². The molecule has 0 saturated heterocycles. The van der Waals surface area contributed by atoms with Gasteiger partial charge in [0.25, 0.3) is 5.89 Å². The zero-order valence-electron chi connectivity index (χ0n) is 13.7. The molecule has 0 radical (unpaired) electrons. The molecule has 0 saturated carbocycles. The number of nitrogens with zero attached hydrogens (tertiary/aromatic N) is 2. The van der Waals surface area contributed by atoms with Crippen LogP contribution in [0.5, 0.6) is 5.75 Å². The van der Waals surface area contributed by atoms with Crippen molar-refractivity contribution in [3.8, 4) is 17.1 Å². The van der Waals surface area contributed by atoms with Gasteiger partial charge in [-0.25, -0.2) is 4.39 Å². The van der Waals surface area contributed by atoms with Crippen molar-refractivity contribution in [1.82, 2.24) is 10.1 Å². The summed E-state index contributed by atoms with van der Waals surface area (Å²) in [6, 6.07) is 11.3. The van der Waals surface area contributed by atoms with Crippen molar-refractivity contribution in [3.63, 3.8) is 0 Å². The molecular formula is C18H14ClFN2O4. The van der Waals surface area contributed by atoms with Gasteiger partial charge in [0, 0.05) is 16.1 Å². The summed E-state index contributed by atoms with van der Waals surface area (Å²) in [6.45, 7) is -0.220. The summed E-state index contributed by atoms with van der Waals surface area (Å²) in [5, 5.41) is 4.00. The first-order valence-electron chi connectivity index (χ1n) is 7.62. The van der Waals surface area contributed by atoms with E-state index in [4.69, 9.17) is 25.6 Å². The molecule has 1 aromatic heterocycles. The molecule has 0 aliphatic carbocycles. The van der Waals surface area contributed by atoms with E-state index in [9.17, 15) is 9.18 Å². The maximum Gasteiger partial charge on any atom is 0.310 e. The third-order valence-corrected chi connectivity index (χ3v) is 3.89. The lowest BCUT2D eigenvalue weighted by molar-refractivity contribution is -0.144. The molecule has 0 atom stereocenters. The Kier molecular flexibility index (Phi) is 5.48. The predicted molar refractivity (Wildman–Crippen MR) is 91.2 cm³/mol. The number of benzene rings is 2. The van der Waals surface area contributed by atoms with Crippen molar-refractivity contribution in [1.29, 1.82) is 0 Å². The minimum Gasteiger partial charge on any atom is -0.497 e. The SMILES string of the molecule is COc1cccc(-c2noc(COC(=O)Cc3c(F)cccc3Cl)n2)c1. The zero-order chi connectivity index (χ0) is 18.5. The number of methoxy groups -OCH3 is 1. The van der Waals surface area contributed by atoms with Crippen LogP contribution >= 0.6 is 11.6 Å². The van der Waals surface area contributed by atoms with Crippen LogP contribution in [0, 0.1) is 5.82 Å². The first-order chi connectivity index (χ1) is 12.6. The van der Waals surface area contributed by atoms with Crippen LogP contribution in [0.3, 0.4) is 0 Å². The summed E-state index contributed by atoms with van der Waals surface area (Å²) in [7, 11) is 1.56. The molecule has 6 nitrogen and oxygen atoms in total. The average Bonchev–Trinajstić information content (AvgIpc) is 3.12. The monoisotopic (exact) mass is 376 g/mol. The van der Waals surface area contributed by atoms with Gasteiger partial charge in [0.15, 0.2) is 6.61 Å². The minimum absolute atomic E-state index is 0.0850. The fraction of sp³-hybridized carbons (Fsp3) is 0.167. The Morgan fingerprint density at radius 2 is 2.08 bits per heavy atom. The molecule has 3 aromatic rings. The van der Waals surface area contributed by atoms with Gasteiger partial charge in [-0.1, -0.05) is 35.0 Å². The largest absolute Gasteiger partial charge is 0.497 e. The maximum atomic E-state index is 13.7. The molecule has 0 bridgehead atoms. The fourth-order valence-electron chi connectivity index (χ4n) is 2.23. The quantitative estimate of drug-likeness (QED) is 0.609. The Labute approximate surface area is 153 Å². The second kappa shape index (κ2) is 7.97. The van der Waals surface area contributed by atoms with Crippen LogP contribution < -0.4 is 4.74 Å². The highest BCUT2D eigenvalue weighted by atomic mass is 35.5. The Morgan fingerprint density at radius 1 is 1.27 bits per heavy atom. The van der Waals surface area contributed by atoms with E-state index < -0.39 is 11.8 Å².